The Morgan fingerprint density at radius 2 is 1.81 bits per heavy atom. The first-order chi connectivity index (χ1) is 17.2. The monoisotopic (exact) mass is 518 g/mol. The Morgan fingerprint density at radius 1 is 1.08 bits per heavy atom. The first-order valence-electron chi connectivity index (χ1n) is 11.7. The molecule has 1 heterocycles. The average molecular weight is 519 g/mol. The van der Waals surface area contributed by atoms with Crippen molar-refractivity contribution in [3.8, 4) is 0 Å². The van der Waals surface area contributed by atoms with Crippen molar-refractivity contribution in [2.75, 3.05) is 32.6 Å². The number of benzene rings is 2. The van der Waals surface area contributed by atoms with Crippen molar-refractivity contribution in [1.82, 2.24) is 9.21 Å². The predicted molar refractivity (Wildman–Crippen MR) is 135 cm³/mol. The van der Waals surface area contributed by atoms with Crippen LogP contribution in [0, 0.1) is 5.82 Å². The first kappa shape index (κ1) is 27.5. The molecule has 3 aromatic rings. The zero-order valence-corrected chi connectivity index (χ0v) is 21.3. The molecule has 0 aliphatic heterocycles. The number of ether oxygens (including phenoxy) is 1. The van der Waals surface area contributed by atoms with Crippen LogP contribution in [0.5, 0.6) is 0 Å². The molecule has 0 aliphatic rings. The number of halogens is 1. The van der Waals surface area contributed by atoms with Gasteiger partial charge in [0.05, 0.1) is 42.7 Å². The normalized spacial score (nSPS) is 11.8. The minimum atomic E-state index is -3.70. The molecule has 0 atom stereocenters. The molecule has 0 radical (unpaired) electrons. The molecule has 0 saturated carbocycles. The first-order valence-corrected chi connectivity index (χ1v) is 13.3. The predicted octanol–water partition coefficient (Wildman–Crippen LogP) is 3.54. The van der Waals surface area contributed by atoms with Gasteiger partial charge < -0.3 is 14.1 Å². The van der Waals surface area contributed by atoms with Crippen LogP contribution < -0.4 is 5.43 Å². The lowest BCUT2D eigenvalue weighted by molar-refractivity contribution is -0.132. The van der Waals surface area contributed by atoms with Gasteiger partial charge in [-0.15, -0.1) is 0 Å². The van der Waals surface area contributed by atoms with Crippen LogP contribution in [0.2, 0.25) is 0 Å². The number of fused-ring (bicyclic) bond motifs is 1. The highest BCUT2D eigenvalue weighted by atomic mass is 32.2. The van der Waals surface area contributed by atoms with Crippen LogP contribution in [0.15, 0.2) is 64.0 Å². The zero-order valence-electron chi connectivity index (χ0n) is 20.5. The Morgan fingerprint density at radius 3 is 2.50 bits per heavy atom. The highest BCUT2D eigenvalue weighted by molar-refractivity contribution is 7.89. The molecule has 194 valence electrons. The van der Waals surface area contributed by atoms with E-state index in [1.165, 1.54) is 30.4 Å². The van der Waals surface area contributed by atoms with E-state index in [2.05, 4.69) is 0 Å². The molecule has 3 rings (SSSR count). The number of unbranched alkanes of at least 4 members (excludes halogenated alkanes) is 1. The molecule has 0 spiro atoms. The smallest absolute Gasteiger partial charge is 0.238 e. The van der Waals surface area contributed by atoms with E-state index in [1.54, 1.807) is 36.4 Å². The molecule has 10 heteroatoms. The van der Waals surface area contributed by atoms with Gasteiger partial charge >= 0.3 is 0 Å². The number of sulfonamides is 1. The van der Waals surface area contributed by atoms with Gasteiger partial charge in [-0.3, -0.25) is 9.59 Å². The van der Waals surface area contributed by atoms with Gasteiger partial charge in [0.2, 0.25) is 15.9 Å². The van der Waals surface area contributed by atoms with Crippen molar-refractivity contribution < 1.29 is 26.8 Å². The minimum Gasteiger partial charge on any atom is -0.464 e. The maximum absolute atomic E-state index is 13.5. The number of hydrogen-bond donors (Lipinski definition) is 0. The highest BCUT2D eigenvalue weighted by Crippen LogP contribution is 2.15. The quantitative estimate of drug-likeness (QED) is 0.343. The Bertz CT molecular complexity index is 1320. The molecular weight excluding hydrogens is 487 g/mol. The number of methoxy groups -OCH3 is 1. The van der Waals surface area contributed by atoms with Crippen molar-refractivity contribution in [1.29, 1.82) is 0 Å². The van der Waals surface area contributed by atoms with Crippen molar-refractivity contribution in [3.05, 3.63) is 82.0 Å². The lowest BCUT2D eigenvalue weighted by atomic mass is 10.1. The summed E-state index contributed by atoms with van der Waals surface area (Å²) >= 11 is 0. The standard InChI is InChI=1S/C26H31FN2O6S/c1-3-4-15-36(32,33)29(13-14-34-2)18-25(30)28(16-20-9-11-22(27)12-10-20)17-21-19-35-24-8-6-5-7-23(24)26(21)31/h5-12,19H,3-4,13-18H2,1-2H3. The summed E-state index contributed by atoms with van der Waals surface area (Å²) < 4.78 is 51.0. The maximum Gasteiger partial charge on any atom is 0.238 e. The Balaban J connectivity index is 1.91. The molecule has 8 nitrogen and oxygen atoms in total. The molecule has 0 unspecified atom stereocenters. The molecule has 1 amide bonds. The molecule has 0 bridgehead atoms. The molecule has 0 fully saturated rings. The lowest BCUT2D eigenvalue weighted by Crippen LogP contribution is -2.44. The fraction of sp³-hybridized carbons (Fsp3) is 0.385. The van der Waals surface area contributed by atoms with Crippen LogP contribution in [0.1, 0.15) is 30.9 Å². The van der Waals surface area contributed by atoms with E-state index in [9.17, 15) is 22.4 Å². The zero-order chi connectivity index (χ0) is 26.1. The van der Waals surface area contributed by atoms with Crippen molar-refractivity contribution >= 4 is 26.9 Å². The van der Waals surface area contributed by atoms with Gasteiger partial charge in [0.1, 0.15) is 11.4 Å². The van der Waals surface area contributed by atoms with E-state index in [0.29, 0.717) is 29.4 Å². The van der Waals surface area contributed by atoms with Crippen LogP contribution in [0.25, 0.3) is 11.0 Å². The van der Waals surface area contributed by atoms with Gasteiger partial charge in [-0.25, -0.2) is 12.8 Å². The summed E-state index contributed by atoms with van der Waals surface area (Å²) in [7, 11) is -2.24. The summed E-state index contributed by atoms with van der Waals surface area (Å²) in [6.07, 6.45) is 2.48. The van der Waals surface area contributed by atoms with Crippen molar-refractivity contribution in [2.45, 2.75) is 32.9 Å². The minimum absolute atomic E-state index is 0.0246. The van der Waals surface area contributed by atoms with Gasteiger partial charge in [-0.1, -0.05) is 37.6 Å². The lowest BCUT2D eigenvalue weighted by Gasteiger charge is -2.27. The summed E-state index contributed by atoms with van der Waals surface area (Å²) in [5.41, 5.74) is 1.03. The fourth-order valence-electron chi connectivity index (χ4n) is 3.69. The molecule has 0 N–H and O–H groups in total. The second-order valence-corrected chi connectivity index (χ2v) is 10.5. The van der Waals surface area contributed by atoms with Gasteiger partial charge in [-0.05, 0) is 36.2 Å². The van der Waals surface area contributed by atoms with Crippen LogP contribution in [-0.4, -0.2) is 56.1 Å². The van der Waals surface area contributed by atoms with E-state index >= 15 is 0 Å². The second kappa shape index (κ2) is 12.8. The molecule has 1 aromatic heterocycles. The summed E-state index contributed by atoms with van der Waals surface area (Å²) in [5, 5.41) is 0.382. The van der Waals surface area contributed by atoms with Gasteiger partial charge in [0, 0.05) is 20.2 Å². The summed E-state index contributed by atoms with van der Waals surface area (Å²) in [4.78, 5) is 27.9. The highest BCUT2D eigenvalue weighted by Gasteiger charge is 2.27. The molecular formula is C26H31FN2O6S. The fourth-order valence-corrected chi connectivity index (χ4v) is 5.26. The Hall–Kier alpha value is -3.08. The number of nitrogens with zero attached hydrogens (tertiary/aromatic N) is 2. The van der Waals surface area contributed by atoms with Gasteiger partial charge in [0.25, 0.3) is 0 Å². The Labute approximate surface area is 210 Å². The van der Waals surface area contributed by atoms with Gasteiger partial charge in [-0.2, -0.15) is 4.31 Å². The van der Waals surface area contributed by atoms with Crippen LogP contribution in [0.4, 0.5) is 4.39 Å². The number of hydrogen-bond acceptors (Lipinski definition) is 6. The summed E-state index contributed by atoms with van der Waals surface area (Å²) in [6.45, 7) is 1.59. The van der Waals surface area contributed by atoms with E-state index < -0.39 is 28.3 Å². The largest absolute Gasteiger partial charge is 0.464 e. The van der Waals surface area contributed by atoms with Crippen LogP contribution >= 0.6 is 0 Å². The van der Waals surface area contributed by atoms with Crippen LogP contribution in [0.3, 0.4) is 0 Å². The Kier molecular flexibility index (Phi) is 9.74. The number of carbonyl (C=O) groups excluding carboxylic acids is 1. The third-order valence-electron chi connectivity index (χ3n) is 5.76. The topological polar surface area (TPSA) is 97.1 Å². The molecule has 0 aliphatic carbocycles. The number of rotatable bonds is 13. The molecule has 2 aromatic carbocycles. The third-order valence-corrected chi connectivity index (χ3v) is 7.66. The van der Waals surface area contributed by atoms with E-state index in [-0.39, 0.29) is 43.0 Å². The number of para-hydroxylation sites is 1. The van der Waals surface area contributed by atoms with Crippen molar-refractivity contribution in [3.63, 3.8) is 0 Å². The van der Waals surface area contributed by atoms with Gasteiger partial charge in [0.15, 0.2) is 5.43 Å². The van der Waals surface area contributed by atoms with Crippen LogP contribution in [-0.2, 0) is 32.6 Å². The summed E-state index contributed by atoms with van der Waals surface area (Å²) in [6, 6.07) is 12.4. The van der Waals surface area contributed by atoms with Crippen molar-refractivity contribution in [2.24, 2.45) is 0 Å². The number of carbonyl (C=O) groups is 1. The van der Waals surface area contributed by atoms with E-state index in [4.69, 9.17) is 9.15 Å². The van der Waals surface area contributed by atoms with E-state index in [1.807, 2.05) is 6.92 Å². The SMILES string of the molecule is CCCCS(=O)(=O)N(CCOC)CC(=O)N(Cc1ccc(F)cc1)Cc1coc2ccccc2c1=O. The maximum atomic E-state index is 13.5. The molecule has 0 saturated heterocycles. The number of amides is 1. The molecule has 36 heavy (non-hydrogen) atoms. The third kappa shape index (κ3) is 7.22. The summed E-state index contributed by atoms with van der Waals surface area (Å²) in [5.74, 6) is -0.991. The second-order valence-electron chi connectivity index (χ2n) is 8.46. The average Bonchev–Trinajstić information content (AvgIpc) is 2.87. The van der Waals surface area contributed by atoms with E-state index in [0.717, 1.165) is 4.31 Å².